The summed E-state index contributed by atoms with van der Waals surface area (Å²) in [6.45, 7) is 4.83. The average Bonchev–Trinajstić information content (AvgIpc) is 3.21. The lowest BCUT2D eigenvalue weighted by Gasteiger charge is -2.22. The fourth-order valence-corrected chi connectivity index (χ4v) is 2.88. The average molecular weight is 440 g/mol. The minimum atomic E-state index is -2.54. The number of thioether (sulfide) groups is 1. The van der Waals surface area contributed by atoms with E-state index in [-0.39, 0.29) is 11.7 Å². The number of carbonyl (C=O) groups excluding carboxylic acids is 3. The molecule has 1 aromatic heterocycles. The topological polar surface area (TPSA) is 97.6 Å². The van der Waals surface area contributed by atoms with Gasteiger partial charge >= 0.3 is 5.97 Å². The van der Waals surface area contributed by atoms with Crippen LogP contribution in [0.5, 0.6) is 0 Å². The second-order valence-electron chi connectivity index (χ2n) is 6.64. The molecule has 2 aromatic rings. The lowest BCUT2D eigenvalue weighted by atomic mass is 10.0. The summed E-state index contributed by atoms with van der Waals surface area (Å²) in [5, 5.41) is 5.08. The maximum Gasteiger partial charge on any atom is 0.329 e. The first-order chi connectivity index (χ1) is 14.2. The van der Waals surface area contributed by atoms with Crippen molar-refractivity contribution in [3.05, 3.63) is 48.4 Å². The summed E-state index contributed by atoms with van der Waals surface area (Å²) < 4.78 is 34.9. The van der Waals surface area contributed by atoms with E-state index >= 15 is 0 Å². The van der Waals surface area contributed by atoms with E-state index in [2.05, 4.69) is 10.6 Å². The molecule has 0 aliphatic rings. The van der Waals surface area contributed by atoms with Gasteiger partial charge in [0, 0.05) is 10.6 Å². The van der Waals surface area contributed by atoms with Gasteiger partial charge in [0.2, 0.25) is 0 Å². The third kappa shape index (κ3) is 6.87. The first-order valence-corrected chi connectivity index (χ1v) is 9.96. The van der Waals surface area contributed by atoms with Crippen LogP contribution in [0.1, 0.15) is 31.3 Å². The molecule has 0 radical (unpaired) electrons. The van der Waals surface area contributed by atoms with Gasteiger partial charge in [0.1, 0.15) is 6.04 Å². The normalized spacial score (nSPS) is 13.0. The molecule has 2 N–H and O–H groups in total. The van der Waals surface area contributed by atoms with E-state index in [1.54, 1.807) is 19.9 Å². The Hall–Kier alpha value is -2.88. The number of anilines is 1. The largest absolute Gasteiger partial charge is 0.459 e. The molecule has 1 heterocycles. The lowest BCUT2D eigenvalue weighted by Crippen LogP contribution is -2.47. The molecule has 0 fully saturated rings. The SMILES string of the molecule is CC(OC(=O)[C@@H](NC(=O)c1ccco1)C(C)C)C(=O)Nc1ccc(SC(F)F)cc1. The number of carbonyl (C=O) groups is 3. The molecule has 0 saturated heterocycles. The Labute approximate surface area is 176 Å². The number of rotatable bonds is 9. The van der Waals surface area contributed by atoms with E-state index in [0.29, 0.717) is 22.3 Å². The van der Waals surface area contributed by atoms with Gasteiger partial charge in [-0.2, -0.15) is 8.78 Å². The second kappa shape index (κ2) is 10.8. The molecule has 0 bridgehead atoms. The molecule has 10 heteroatoms. The van der Waals surface area contributed by atoms with Crippen molar-refractivity contribution in [2.75, 3.05) is 5.32 Å². The Bertz CT molecular complexity index is 857. The third-order valence-corrected chi connectivity index (χ3v) is 4.68. The quantitative estimate of drug-likeness (QED) is 0.453. The number of halogens is 2. The summed E-state index contributed by atoms with van der Waals surface area (Å²) in [6, 6.07) is 7.85. The maximum atomic E-state index is 12.5. The van der Waals surface area contributed by atoms with Gasteiger partial charge in [-0.1, -0.05) is 25.6 Å². The zero-order chi connectivity index (χ0) is 22.3. The number of alkyl halides is 2. The number of hydrogen-bond donors (Lipinski definition) is 2. The van der Waals surface area contributed by atoms with Crippen molar-refractivity contribution in [1.82, 2.24) is 5.32 Å². The highest BCUT2D eigenvalue weighted by Crippen LogP contribution is 2.26. The summed E-state index contributed by atoms with van der Waals surface area (Å²) in [5.74, 6) is -4.73. The Kier molecular flexibility index (Phi) is 8.40. The van der Waals surface area contributed by atoms with Crippen LogP contribution in [-0.4, -0.2) is 35.7 Å². The third-order valence-electron chi connectivity index (χ3n) is 3.96. The minimum absolute atomic E-state index is 0.0488. The highest BCUT2D eigenvalue weighted by Gasteiger charge is 2.29. The van der Waals surface area contributed by atoms with Crippen molar-refractivity contribution in [3.63, 3.8) is 0 Å². The number of hydrogen-bond acceptors (Lipinski definition) is 6. The van der Waals surface area contributed by atoms with Crippen LogP contribution in [0, 0.1) is 5.92 Å². The van der Waals surface area contributed by atoms with E-state index < -0.39 is 35.7 Å². The van der Waals surface area contributed by atoms with Gasteiger partial charge in [0.05, 0.1) is 6.26 Å². The zero-order valence-corrected chi connectivity index (χ0v) is 17.4. The maximum absolute atomic E-state index is 12.5. The number of furan rings is 1. The van der Waals surface area contributed by atoms with Crippen molar-refractivity contribution in [2.24, 2.45) is 5.92 Å². The monoisotopic (exact) mass is 440 g/mol. The number of benzene rings is 1. The molecular weight excluding hydrogens is 418 g/mol. The molecule has 0 saturated carbocycles. The van der Waals surface area contributed by atoms with E-state index in [9.17, 15) is 23.2 Å². The van der Waals surface area contributed by atoms with Gasteiger partial charge in [-0.25, -0.2) is 4.79 Å². The van der Waals surface area contributed by atoms with Crippen LogP contribution in [0.4, 0.5) is 14.5 Å². The predicted molar refractivity (Wildman–Crippen MR) is 107 cm³/mol. The summed E-state index contributed by atoms with van der Waals surface area (Å²) in [7, 11) is 0. The van der Waals surface area contributed by atoms with Crippen molar-refractivity contribution in [3.8, 4) is 0 Å². The van der Waals surface area contributed by atoms with Gasteiger partial charge < -0.3 is 19.8 Å². The fourth-order valence-electron chi connectivity index (χ4n) is 2.38. The van der Waals surface area contributed by atoms with E-state index in [0.717, 1.165) is 0 Å². The van der Waals surface area contributed by atoms with E-state index in [1.807, 2.05) is 0 Å². The van der Waals surface area contributed by atoms with Crippen molar-refractivity contribution in [2.45, 2.75) is 43.6 Å². The lowest BCUT2D eigenvalue weighted by molar-refractivity contribution is -0.156. The van der Waals surface area contributed by atoms with Gasteiger partial charge in [-0.3, -0.25) is 9.59 Å². The number of ether oxygens (including phenoxy) is 1. The van der Waals surface area contributed by atoms with Gasteiger partial charge in [0.15, 0.2) is 11.9 Å². The molecule has 0 aliphatic carbocycles. The summed E-state index contributed by atoms with van der Waals surface area (Å²) in [5.41, 5.74) is 0.369. The summed E-state index contributed by atoms with van der Waals surface area (Å²) in [6.07, 6.45) is 0.192. The van der Waals surface area contributed by atoms with Crippen LogP contribution < -0.4 is 10.6 Å². The molecule has 2 amide bonds. The Morgan fingerprint density at radius 2 is 1.73 bits per heavy atom. The standard InChI is InChI=1S/C20H22F2N2O5S/c1-11(2)16(24-18(26)15-5-4-10-28-15)19(27)29-12(3)17(25)23-13-6-8-14(9-7-13)30-20(21)22/h4-12,16,20H,1-3H3,(H,23,25)(H,24,26)/t12?,16-/m0/s1. The highest BCUT2D eigenvalue weighted by atomic mass is 32.2. The van der Waals surface area contributed by atoms with Crippen LogP contribution >= 0.6 is 11.8 Å². The molecule has 2 rings (SSSR count). The van der Waals surface area contributed by atoms with Gasteiger partial charge in [0.25, 0.3) is 17.6 Å². The molecule has 0 aliphatic heterocycles. The Morgan fingerprint density at radius 1 is 1.07 bits per heavy atom. The molecule has 7 nitrogen and oxygen atoms in total. The highest BCUT2D eigenvalue weighted by molar-refractivity contribution is 7.99. The molecule has 2 atom stereocenters. The Morgan fingerprint density at radius 3 is 2.27 bits per heavy atom. The van der Waals surface area contributed by atoms with Gasteiger partial charge in [-0.15, -0.1) is 0 Å². The number of nitrogens with one attached hydrogen (secondary N) is 2. The van der Waals surface area contributed by atoms with Crippen LogP contribution in [0.2, 0.25) is 0 Å². The van der Waals surface area contributed by atoms with Crippen LogP contribution in [-0.2, 0) is 14.3 Å². The van der Waals surface area contributed by atoms with Crippen molar-refractivity contribution in [1.29, 1.82) is 0 Å². The number of esters is 1. The summed E-state index contributed by atoms with van der Waals surface area (Å²) >= 11 is 0.394. The second-order valence-corrected chi connectivity index (χ2v) is 7.71. The van der Waals surface area contributed by atoms with Crippen LogP contribution in [0.15, 0.2) is 52.0 Å². The first kappa shape index (κ1) is 23.4. The first-order valence-electron chi connectivity index (χ1n) is 9.08. The van der Waals surface area contributed by atoms with Crippen molar-refractivity contribution < 1.29 is 32.3 Å². The zero-order valence-electron chi connectivity index (χ0n) is 16.6. The summed E-state index contributed by atoms with van der Waals surface area (Å²) in [4.78, 5) is 37.3. The van der Waals surface area contributed by atoms with Gasteiger partial charge in [-0.05, 0) is 49.2 Å². The molecule has 0 spiro atoms. The molecule has 1 aromatic carbocycles. The van der Waals surface area contributed by atoms with Crippen LogP contribution in [0.25, 0.3) is 0 Å². The molecule has 1 unspecified atom stereocenters. The van der Waals surface area contributed by atoms with E-state index in [4.69, 9.17) is 9.15 Å². The fraction of sp³-hybridized carbons (Fsp3) is 0.350. The van der Waals surface area contributed by atoms with E-state index in [1.165, 1.54) is 43.5 Å². The van der Waals surface area contributed by atoms with Crippen LogP contribution in [0.3, 0.4) is 0 Å². The molecule has 30 heavy (non-hydrogen) atoms. The molecular formula is C20H22F2N2O5S. The minimum Gasteiger partial charge on any atom is -0.459 e. The van der Waals surface area contributed by atoms with Crippen molar-refractivity contribution >= 4 is 35.2 Å². The Balaban J connectivity index is 1.93. The smallest absolute Gasteiger partial charge is 0.329 e. The predicted octanol–water partition coefficient (Wildman–Crippen LogP) is 3.92. The number of amides is 2. The molecule has 162 valence electrons.